The molecule has 2 N–H and O–H groups in total. The lowest BCUT2D eigenvalue weighted by Gasteiger charge is -2.43. The molecule has 3 aromatic heterocycles. The summed E-state index contributed by atoms with van der Waals surface area (Å²) in [6.45, 7) is 3.76. The van der Waals surface area contributed by atoms with E-state index < -0.39 is 5.60 Å². The molecule has 0 unspecified atom stereocenters. The Bertz CT molecular complexity index is 1590. The first-order valence-electron chi connectivity index (χ1n) is 13.6. The van der Waals surface area contributed by atoms with Gasteiger partial charge in [-0.25, -0.2) is 9.97 Å². The summed E-state index contributed by atoms with van der Waals surface area (Å²) in [7, 11) is 0. The topological polar surface area (TPSA) is 124 Å². The maximum absolute atomic E-state index is 13.9. The SMILES string of the molecule is Cc1ncsc1C(=O)N1CC[C@@H](C(=O)N2CCC(O)(Cn3cnc4[nH]ccc4c3=O)CC2)[C@H](c2ccccc2)C1. The van der Waals surface area contributed by atoms with E-state index in [-0.39, 0.29) is 35.8 Å². The molecule has 4 aromatic rings. The molecule has 2 aliphatic heterocycles. The van der Waals surface area contributed by atoms with E-state index in [4.69, 9.17) is 0 Å². The van der Waals surface area contributed by atoms with Gasteiger partial charge in [-0.05, 0) is 37.8 Å². The van der Waals surface area contributed by atoms with E-state index in [0.29, 0.717) is 61.4 Å². The van der Waals surface area contributed by atoms with Crippen LogP contribution in [-0.2, 0) is 11.3 Å². The van der Waals surface area contributed by atoms with Gasteiger partial charge in [0.05, 0.1) is 35.1 Å². The first kappa shape index (κ1) is 26.4. The smallest absolute Gasteiger partial charge is 0.265 e. The lowest BCUT2D eigenvalue weighted by molar-refractivity contribution is -0.142. The number of hydrogen-bond donors (Lipinski definition) is 2. The predicted molar refractivity (Wildman–Crippen MR) is 151 cm³/mol. The van der Waals surface area contributed by atoms with E-state index in [1.165, 1.54) is 22.2 Å². The van der Waals surface area contributed by atoms with E-state index in [0.717, 1.165) is 11.3 Å². The van der Waals surface area contributed by atoms with Gasteiger partial charge in [-0.1, -0.05) is 30.3 Å². The fourth-order valence-electron chi connectivity index (χ4n) is 6.06. The average Bonchev–Trinajstić information content (AvgIpc) is 3.64. The van der Waals surface area contributed by atoms with E-state index in [2.05, 4.69) is 15.0 Å². The molecule has 0 bridgehead atoms. The number of amides is 2. The Morgan fingerprint density at radius 2 is 1.88 bits per heavy atom. The van der Waals surface area contributed by atoms with Crippen LogP contribution in [0.2, 0.25) is 0 Å². The molecule has 11 heteroatoms. The van der Waals surface area contributed by atoms with Crippen LogP contribution in [0.25, 0.3) is 11.0 Å². The third kappa shape index (κ3) is 4.95. The normalized spacial score (nSPS) is 21.1. The monoisotopic (exact) mass is 560 g/mol. The Kier molecular flexibility index (Phi) is 7.01. The average molecular weight is 561 g/mol. The van der Waals surface area contributed by atoms with Crippen molar-refractivity contribution in [3.8, 4) is 0 Å². The molecule has 2 amide bonds. The van der Waals surface area contributed by atoms with Gasteiger partial charge < -0.3 is 19.9 Å². The zero-order valence-electron chi connectivity index (χ0n) is 22.3. The number of nitrogens with one attached hydrogen (secondary N) is 1. The highest BCUT2D eigenvalue weighted by Gasteiger charge is 2.42. The van der Waals surface area contributed by atoms with Gasteiger partial charge in [0, 0.05) is 44.2 Å². The van der Waals surface area contributed by atoms with Crippen molar-refractivity contribution < 1.29 is 14.7 Å². The molecular formula is C29H32N6O4S. The predicted octanol–water partition coefficient (Wildman–Crippen LogP) is 2.79. The molecule has 2 fully saturated rings. The zero-order chi connectivity index (χ0) is 27.9. The number of likely N-dealkylation sites (tertiary alicyclic amines) is 2. The highest BCUT2D eigenvalue weighted by molar-refractivity contribution is 7.11. The van der Waals surface area contributed by atoms with Crippen LogP contribution in [0.15, 0.2) is 59.2 Å². The summed E-state index contributed by atoms with van der Waals surface area (Å²) in [6, 6.07) is 11.6. The number of aromatic amines is 1. The van der Waals surface area contributed by atoms with Gasteiger partial charge in [-0.15, -0.1) is 11.3 Å². The molecule has 5 heterocycles. The van der Waals surface area contributed by atoms with Crippen LogP contribution >= 0.6 is 11.3 Å². The number of thiazole rings is 1. The van der Waals surface area contributed by atoms with Crippen LogP contribution < -0.4 is 5.56 Å². The van der Waals surface area contributed by atoms with E-state index >= 15 is 0 Å². The van der Waals surface area contributed by atoms with Crippen molar-refractivity contribution in [1.82, 2.24) is 29.3 Å². The molecule has 2 saturated heterocycles. The van der Waals surface area contributed by atoms with E-state index in [9.17, 15) is 19.5 Å². The lowest BCUT2D eigenvalue weighted by atomic mass is 9.79. The van der Waals surface area contributed by atoms with Crippen LogP contribution in [0.5, 0.6) is 0 Å². The van der Waals surface area contributed by atoms with Crippen molar-refractivity contribution in [2.45, 2.75) is 44.2 Å². The van der Waals surface area contributed by atoms with Crippen molar-refractivity contribution in [3.05, 3.63) is 80.9 Å². The van der Waals surface area contributed by atoms with Gasteiger partial charge >= 0.3 is 0 Å². The number of carbonyl (C=O) groups is 2. The number of piperidine rings is 2. The van der Waals surface area contributed by atoms with Crippen LogP contribution in [0.4, 0.5) is 0 Å². The molecule has 0 radical (unpaired) electrons. The number of carbonyl (C=O) groups excluding carboxylic acids is 2. The van der Waals surface area contributed by atoms with Gasteiger partial charge in [0.15, 0.2) is 0 Å². The van der Waals surface area contributed by atoms with Crippen LogP contribution in [0.1, 0.15) is 46.1 Å². The van der Waals surface area contributed by atoms with Crippen LogP contribution in [0.3, 0.4) is 0 Å². The molecule has 2 atom stereocenters. The summed E-state index contributed by atoms with van der Waals surface area (Å²) in [6.07, 6.45) is 4.44. The Morgan fingerprint density at radius 1 is 1.10 bits per heavy atom. The molecule has 0 saturated carbocycles. The van der Waals surface area contributed by atoms with Gasteiger partial charge in [-0.3, -0.25) is 19.0 Å². The molecule has 2 aliphatic rings. The minimum atomic E-state index is -1.10. The number of aromatic nitrogens is 4. The third-order valence-corrected chi connectivity index (χ3v) is 9.31. The lowest BCUT2D eigenvalue weighted by Crippen LogP contribution is -2.53. The zero-order valence-corrected chi connectivity index (χ0v) is 23.1. The second-order valence-corrected chi connectivity index (χ2v) is 11.8. The number of benzene rings is 1. The summed E-state index contributed by atoms with van der Waals surface area (Å²) in [5.41, 5.74) is 2.69. The van der Waals surface area contributed by atoms with E-state index in [1.807, 2.05) is 47.1 Å². The molecule has 10 nitrogen and oxygen atoms in total. The highest BCUT2D eigenvalue weighted by Crippen LogP contribution is 2.36. The van der Waals surface area contributed by atoms with Crippen molar-refractivity contribution in [1.29, 1.82) is 0 Å². The summed E-state index contributed by atoms with van der Waals surface area (Å²) >= 11 is 1.35. The molecule has 0 aliphatic carbocycles. The number of hydrogen-bond acceptors (Lipinski definition) is 7. The standard InChI is InChI=1S/C29H32N6O4S/c1-19-24(40-18-32-19)28(38)34-12-8-21(23(15-34)20-5-3-2-4-6-20)26(36)33-13-9-29(39,10-14-33)16-35-17-31-25-22(27(35)37)7-11-30-25/h2-7,11,17-18,21,23,30,39H,8-10,12-16H2,1H3/t21-,23+/m1/s1. The quantitative estimate of drug-likeness (QED) is 0.387. The molecule has 208 valence electrons. The number of nitrogens with zero attached hydrogens (tertiary/aromatic N) is 5. The summed E-state index contributed by atoms with van der Waals surface area (Å²) in [5, 5.41) is 11.8. The number of fused-ring (bicyclic) bond motifs is 1. The number of aliphatic hydroxyl groups is 1. The van der Waals surface area contributed by atoms with Gasteiger partial charge in [0.1, 0.15) is 10.5 Å². The number of H-pyrrole nitrogens is 1. The fourth-order valence-corrected chi connectivity index (χ4v) is 6.83. The second kappa shape index (κ2) is 10.6. The third-order valence-electron chi connectivity index (χ3n) is 8.40. The van der Waals surface area contributed by atoms with Gasteiger partial charge in [0.25, 0.3) is 11.5 Å². The molecule has 0 spiro atoms. The van der Waals surface area contributed by atoms with Gasteiger partial charge in [0.2, 0.25) is 5.91 Å². The summed E-state index contributed by atoms with van der Waals surface area (Å²) < 4.78 is 1.46. The van der Waals surface area contributed by atoms with Crippen LogP contribution in [-0.4, -0.2) is 78.0 Å². The summed E-state index contributed by atoms with van der Waals surface area (Å²) in [4.78, 5) is 55.8. The first-order chi connectivity index (χ1) is 19.3. The Hall–Kier alpha value is -3.83. The maximum Gasteiger partial charge on any atom is 0.265 e. The molecule has 6 rings (SSSR count). The minimum absolute atomic E-state index is 0.0302. The van der Waals surface area contributed by atoms with Crippen LogP contribution in [0, 0.1) is 12.8 Å². The van der Waals surface area contributed by atoms with Crippen molar-refractivity contribution >= 4 is 34.2 Å². The van der Waals surface area contributed by atoms with E-state index in [1.54, 1.807) is 17.8 Å². The number of rotatable bonds is 5. The van der Waals surface area contributed by atoms with Crippen molar-refractivity contribution in [2.24, 2.45) is 5.92 Å². The Balaban J connectivity index is 1.15. The fraction of sp³-hybridized carbons (Fsp3) is 0.414. The second-order valence-electron chi connectivity index (χ2n) is 10.9. The number of aryl methyl sites for hydroxylation is 1. The van der Waals surface area contributed by atoms with Crippen molar-refractivity contribution in [2.75, 3.05) is 26.2 Å². The molecule has 1 aromatic carbocycles. The van der Waals surface area contributed by atoms with Crippen molar-refractivity contribution in [3.63, 3.8) is 0 Å². The Morgan fingerprint density at radius 3 is 2.60 bits per heavy atom. The minimum Gasteiger partial charge on any atom is -0.388 e. The molecular weight excluding hydrogens is 528 g/mol. The highest BCUT2D eigenvalue weighted by atomic mass is 32.1. The Labute approximate surface area is 235 Å². The largest absolute Gasteiger partial charge is 0.388 e. The maximum atomic E-state index is 13.9. The summed E-state index contributed by atoms with van der Waals surface area (Å²) in [5.74, 6) is -0.358. The molecule has 40 heavy (non-hydrogen) atoms. The first-order valence-corrected chi connectivity index (χ1v) is 14.5. The van der Waals surface area contributed by atoms with Gasteiger partial charge in [-0.2, -0.15) is 0 Å².